The van der Waals surface area contributed by atoms with Crippen LogP contribution >= 0.6 is 43.5 Å². The number of carbonyl (C=O) groups is 1. The van der Waals surface area contributed by atoms with Gasteiger partial charge in [0.2, 0.25) is 0 Å². The maximum Gasteiger partial charge on any atom is 0.306 e. The van der Waals surface area contributed by atoms with Gasteiger partial charge in [0.15, 0.2) is 5.75 Å². The summed E-state index contributed by atoms with van der Waals surface area (Å²) in [5.74, 6) is 0.565. The summed E-state index contributed by atoms with van der Waals surface area (Å²) in [6, 6.07) is 14.9. The van der Waals surface area contributed by atoms with Crippen LogP contribution in [0.2, 0.25) is 5.02 Å². The summed E-state index contributed by atoms with van der Waals surface area (Å²) in [5.41, 5.74) is 2.20. The van der Waals surface area contributed by atoms with Crippen molar-refractivity contribution in [3.8, 4) is 17.2 Å². The molecule has 1 aliphatic heterocycles. The third kappa shape index (κ3) is 7.50. The Bertz CT molecular complexity index is 1730. The maximum atomic E-state index is 13.2. The summed E-state index contributed by atoms with van der Waals surface area (Å²) in [5, 5.41) is 23.0. The minimum Gasteiger partial charge on any atom is -0.505 e. The lowest BCUT2D eigenvalue weighted by molar-refractivity contribution is -0.238. The quantitative estimate of drug-likeness (QED) is 0.188. The molecule has 2 heterocycles. The molecule has 11 heteroatoms. The Morgan fingerprint density at radius 1 is 1.00 bits per heavy atom. The van der Waals surface area contributed by atoms with Crippen LogP contribution in [0, 0.1) is 0 Å². The summed E-state index contributed by atoms with van der Waals surface area (Å²) in [6.45, 7) is 14.5. The van der Waals surface area contributed by atoms with Crippen molar-refractivity contribution < 1.29 is 19.5 Å². The Balaban J connectivity index is 1.30. The second kappa shape index (κ2) is 12.5. The van der Waals surface area contributed by atoms with Gasteiger partial charge in [-0.15, -0.1) is 20.1 Å². The zero-order chi connectivity index (χ0) is 32.9. The zero-order valence-electron chi connectivity index (χ0n) is 26.6. The molecule has 5 rings (SSSR count). The fraction of sp³-hybridized carbons (Fsp3) is 0.441. The Kier molecular flexibility index (Phi) is 9.37. The number of esters is 1. The van der Waals surface area contributed by atoms with Crippen molar-refractivity contribution in [3.05, 3.63) is 73.6 Å². The van der Waals surface area contributed by atoms with Gasteiger partial charge in [-0.3, -0.25) is 4.79 Å². The number of hydrogen-bond donors (Lipinski definition) is 1. The number of piperidine rings is 1. The number of nitrogens with zero attached hydrogens (tertiary/aromatic N) is 4. The first-order valence-corrected chi connectivity index (χ1v) is 16.9. The van der Waals surface area contributed by atoms with Crippen molar-refractivity contribution >= 4 is 60.5 Å². The standard InChI is InChI=1S/C34H39Br2ClN4O4/c1-32(2,3)24-14-20(15-28(31(24)43)40-38-26-11-10-22(37)17-27(26)39-40)8-13-30(42)44-23-18-33(4,5)41(34(6,7)19-23)45-29-12-9-21(35)16-25(29)36/h9-12,14-17,23,43H,8,13,18-19H2,1-7H3. The molecule has 1 N–H and O–H groups in total. The van der Waals surface area contributed by atoms with E-state index in [1.54, 1.807) is 18.2 Å². The largest absolute Gasteiger partial charge is 0.505 e. The summed E-state index contributed by atoms with van der Waals surface area (Å²) in [6.07, 6.45) is 1.62. The maximum absolute atomic E-state index is 13.2. The van der Waals surface area contributed by atoms with Crippen molar-refractivity contribution in [2.45, 2.75) is 96.7 Å². The predicted molar refractivity (Wildman–Crippen MR) is 184 cm³/mol. The number of phenolic OH excluding ortho intramolecular Hbond substituents is 1. The van der Waals surface area contributed by atoms with Gasteiger partial charge in [-0.25, -0.2) is 0 Å². The number of aryl methyl sites for hydroxylation is 1. The van der Waals surface area contributed by atoms with Gasteiger partial charge in [0.05, 0.1) is 15.6 Å². The normalized spacial score (nSPS) is 17.0. The second-order valence-electron chi connectivity index (χ2n) is 14.0. The molecule has 0 unspecified atom stereocenters. The van der Waals surface area contributed by atoms with E-state index in [-0.39, 0.29) is 29.7 Å². The topological polar surface area (TPSA) is 89.7 Å². The Morgan fingerprint density at radius 2 is 1.67 bits per heavy atom. The molecule has 0 aliphatic carbocycles. The van der Waals surface area contributed by atoms with Crippen LogP contribution < -0.4 is 4.84 Å². The summed E-state index contributed by atoms with van der Waals surface area (Å²) in [4.78, 5) is 21.1. The van der Waals surface area contributed by atoms with Crippen LogP contribution in [0.3, 0.4) is 0 Å². The third-order valence-corrected chi connectivity index (χ3v) is 9.42. The molecule has 4 aromatic rings. The molecule has 1 aromatic heterocycles. The van der Waals surface area contributed by atoms with Gasteiger partial charge in [0.25, 0.3) is 0 Å². The molecular formula is C34H39Br2ClN4O4. The highest BCUT2D eigenvalue weighted by Crippen LogP contribution is 2.42. The van der Waals surface area contributed by atoms with E-state index in [0.29, 0.717) is 41.0 Å². The van der Waals surface area contributed by atoms with Gasteiger partial charge in [-0.1, -0.05) is 54.4 Å². The predicted octanol–water partition coefficient (Wildman–Crippen LogP) is 9.09. The molecule has 0 radical (unpaired) electrons. The molecule has 45 heavy (non-hydrogen) atoms. The monoisotopic (exact) mass is 760 g/mol. The van der Waals surface area contributed by atoms with Gasteiger partial charge >= 0.3 is 5.97 Å². The average molecular weight is 763 g/mol. The highest BCUT2D eigenvalue weighted by atomic mass is 79.9. The SMILES string of the molecule is CC(C)(C)c1cc(CCC(=O)OC2CC(C)(C)N(Oc3ccc(Br)cc3Br)C(C)(C)C2)cc(-n2nc3ccc(Cl)cc3n2)c1O. The van der Waals surface area contributed by atoms with Crippen LogP contribution in [0.25, 0.3) is 16.7 Å². The third-order valence-electron chi connectivity index (χ3n) is 8.07. The average Bonchev–Trinajstić information content (AvgIpc) is 3.33. The molecule has 3 aromatic carbocycles. The van der Waals surface area contributed by atoms with Gasteiger partial charge in [-0.2, -0.15) is 0 Å². The van der Waals surface area contributed by atoms with Crippen molar-refractivity contribution in [3.63, 3.8) is 0 Å². The van der Waals surface area contributed by atoms with E-state index in [4.69, 9.17) is 21.2 Å². The van der Waals surface area contributed by atoms with Crippen molar-refractivity contribution in [2.24, 2.45) is 0 Å². The van der Waals surface area contributed by atoms with Crippen LogP contribution in [0.15, 0.2) is 57.5 Å². The van der Waals surface area contributed by atoms with Crippen molar-refractivity contribution in [1.29, 1.82) is 0 Å². The molecule has 1 fully saturated rings. The molecule has 0 spiro atoms. The van der Waals surface area contributed by atoms with E-state index in [1.165, 1.54) is 4.80 Å². The lowest BCUT2D eigenvalue weighted by atomic mass is 9.80. The Labute approximate surface area is 286 Å². The lowest BCUT2D eigenvalue weighted by Gasteiger charge is -2.52. The van der Waals surface area contributed by atoms with Gasteiger partial charge < -0.3 is 14.7 Å². The Morgan fingerprint density at radius 3 is 2.31 bits per heavy atom. The van der Waals surface area contributed by atoms with Crippen LogP contribution in [-0.2, 0) is 21.4 Å². The number of fused-ring (bicyclic) bond motifs is 1. The number of halogens is 3. The molecule has 0 amide bonds. The summed E-state index contributed by atoms with van der Waals surface area (Å²) >= 11 is 13.2. The fourth-order valence-electron chi connectivity index (χ4n) is 6.18. The van der Waals surface area contributed by atoms with Gasteiger partial charge in [0, 0.05) is 34.3 Å². The van der Waals surface area contributed by atoms with E-state index >= 15 is 0 Å². The van der Waals surface area contributed by atoms with E-state index in [9.17, 15) is 9.90 Å². The van der Waals surface area contributed by atoms with E-state index in [0.717, 1.165) is 25.8 Å². The number of benzene rings is 3. The molecule has 0 bridgehead atoms. The minimum atomic E-state index is -0.406. The van der Waals surface area contributed by atoms with Crippen LogP contribution in [0.5, 0.6) is 11.5 Å². The summed E-state index contributed by atoms with van der Waals surface area (Å²) < 4.78 is 7.89. The molecule has 0 atom stereocenters. The van der Waals surface area contributed by atoms with E-state index in [2.05, 4.69) is 69.8 Å². The lowest BCUT2D eigenvalue weighted by Crippen LogP contribution is -2.63. The highest BCUT2D eigenvalue weighted by molar-refractivity contribution is 9.11. The van der Waals surface area contributed by atoms with E-state index < -0.39 is 11.1 Å². The molecule has 240 valence electrons. The molecule has 1 saturated heterocycles. The first kappa shape index (κ1) is 33.7. The number of aromatic nitrogens is 3. The molecule has 8 nitrogen and oxygen atoms in total. The van der Waals surface area contributed by atoms with Crippen LogP contribution in [0.1, 0.15) is 78.9 Å². The van der Waals surface area contributed by atoms with E-state index in [1.807, 2.05) is 56.2 Å². The van der Waals surface area contributed by atoms with Gasteiger partial charge in [0.1, 0.15) is 28.6 Å². The smallest absolute Gasteiger partial charge is 0.306 e. The first-order chi connectivity index (χ1) is 20.9. The minimum absolute atomic E-state index is 0.105. The number of hydroxylamine groups is 2. The molecule has 0 saturated carbocycles. The van der Waals surface area contributed by atoms with Crippen molar-refractivity contribution in [1.82, 2.24) is 20.1 Å². The second-order valence-corrected chi connectivity index (χ2v) is 16.2. The highest BCUT2D eigenvalue weighted by Gasteiger charge is 2.49. The first-order valence-electron chi connectivity index (χ1n) is 15.0. The van der Waals surface area contributed by atoms with Crippen LogP contribution in [-0.4, -0.2) is 48.3 Å². The Hall–Kier alpha value is -2.66. The van der Waals surface area contributed by atoms with Crippen molar-refractivity contribution in [2.75, 3.05) is 0 Å². The number of hydrogen-bond acceptors (Lipinski definition) is 7. The molecule has 1 aliphatic rings. The summed E-state index contributed by atoms with van der Waals surface area (Å²) in [7, 11) is 0. The molecular weight excluding hydrogens is 724 g/mol. The number of carbonyl (C=O) groups excluding carboxylic acids is 1. The number of ether oxygens (including phenoxy) is 1. The fourth-order valence-corrected chi connectivity index (χ4v) is 7.47. The number of phenols is 1. The van der Waals surface area contributed by atoms with Gasteiger partial charge in [-0.05, 0) is 103 Å². The zero-order valence-corrected chi connectivity index (χ0v) is 30.5. The number of aromatic hydroxyl groups is 1. The van der Waals surface area contributed by atoms with Crippen LogP contribution in [0.4, 0.5) is 0 Å². The number of rotatable bonds is 7.